The van der Waals surface area contributed by atoms with E-state index in [1.165, 1.54) is 5.56 Å². The zero-order chi connectivity index (χ0) is 13.7. The molecule has 102 valence electrons. The Morgan fingerprint density at radius 1 is 1.21 bits per heavy atom. The number of rotatable bonds is 5. The van der Waals surface area contributed by atoms with Crippen molar-refractivity contribution in [1.82, 2.24) is 4.90 Å². The summed E-state index contributed by atoms with van der Waals surface area (Å²) in [5, 5.41) is 8.58. The van der Waals surface area contributed by atoms with Gasteiger partial charge in [0.1, 0.15) is 0 Å². The van der Waals surface area contributed by atoms with E-state index in [1.807, 2.05) is 18.2 Å². The Bertz CT molecular complexity index is 444. The first-order valence-corrected chi connectivity index (χ1v) is 6.68. The first-order valence-electron chi connectivity index (χ1n) is 6.68. The van der Waals surface area contributed by atoms with E-state index < -0.39 is 5.97 Å². The summed E-state index contributed by atoms with van der Waals surface area (Å²) in [6.07, 6.45) is 2.04. The van der Waals surface area contributed by atoms with Gasteiger partial charge in [-0.3, -0.25) is 9.59 Å². The summed E-state index contributed by atoms with van der Waals surface area (Å²) in [6, 6.07) is 10.3. The molecule has 1 aromatic carbocycles. The molecule has 1 unspecified atom stereocenters. The number of carbonyl (C=O) groups excluding carboxylic acids is 1. The maximum absolute atomic E-state index is 11.8. The highest BCUT2D eigenvalue weighted by atomic mass is 16.4. The number of carboxylic acid groups (broad SMARTS) is 1. The van der Waals surface area contributed by atoms with E-state index in [-0.39, 0.29) is 18.7 Å². The lowest BCUT2D eigenvalue weighted by Crippen LogP contribution is -2.29. The predicted octanol–water partition coefficient (Wildman–Crippen LogP) is 1.94. The molecule has 2 rings (SSSR count). The van der Waals surface area contributed by atoms with Crippen LogP contribution in [0, 0.1) is 5.92 Å². The first kappa shape index (κ1) is 13.6. The molecule has 0 aliphatic carbocycles. The van der Waals surface area contributed by atoms with Gasteiger partial charge in [-0.15, -0.1) is 0 Å². The molecule has 4 nitrogen and oxygen atoms in total. The number of hydrogen-bond acceptors (Lipinski definition) is 2. The quantitative estimate of drug-likeness (QED) is 0.881. The van der Waals surface area contributed by atoms with Crippen LogP contribution in [0.2, 0.25) is 0 Å². The van der Waals surface area contributed by atoms with Gasteiger partial charge in [0.05, 0.1) is 6.42 Å². The fourth-order valence-corrected chi connectivity index (χ4v) is 2.55. The van der Waals surface area contributed by atoms with Crippen molar-refractivity contribution in [2.45, 2.75) is 25.7 Å². The zero-order valence-corrected chi connectivity index (χ0v) is 10.9. The smallest absolute Gasteiger partial charge is 0.303 e. The summed E-state index contributed by atoms with van der Waals surface area (Å²) in [5.41, 5.74) is 1.30. The Morgan fingerprint density at radius 3 is 2.63 bits per heavy atom. The van der Waals surface area contributed by atoms with E-state index in [4.69, 9.17) is 5.11 Å². The summed E-state index contributed by atoms with van der Waals surface area (Å²) in [7, 11) is 0. The van der Waals surface area contributed by atoms with E-state index in [1.54, 1.807) is 4.90 Å². The van der Waals surface area contributed by atoms with E-state index in [9.17, 15) is 9.59 Å². The van der Waals surface area contributed by atoms with Gasteiger partial charge in [0.2, 0.25) is 5.91 Å². The number of nitrogens with zero attached hydrogens (tertiary/aromatic N) is 1. The average molecular weight is 261 g/mol. The topological polar surface area (TPSA) is 57.6 Å². The van der Waals surface area contributed by atoms with Crippen LogP contribution in [0.1, 0.15) is 24.8 Å². The lowest BCUT2D eigenvalue weighted by molar-refractivity contribution is -0.140. The Kier molecular flexibility index (Phi) is 4.55. The van der Waals surface area contributed by atoms with Crippen LogP contribution < -0.4 is 0 Å². The number of benzene rings is 1. The van der Waals surface area contributed by atoms with Crippen molar-refractivity contribution in [3.63, 3.8) is 0 Å². The molecule has 1 aliphatic heterocycles. The molecule has 1 N–H and O–H groups in total. The summed E-state index contributed by atoms with van der Waals surface area (Å²) < 4.78 is 0. The molecular formula is C15H19NO3. The number of likely N-dealkylation sites (tertiary alicyclic amines) is 1. The van der Waals surface area contributed by atoms with Gasteiger partial charge in [-0.2, -0.15) is 0 Å². The number of hydrogen-bond donors (Lipinski definition) is 1. The van der Waals surface area contributed by atoms with Crippen molar-refractivity contribution in [2.24, 2.45) is 5.92 Å². The molecule has 1 aromatic rings. The Hall–Kier alpha value is -1.84. The maximum Gasteiger partial charge on any atom is 0.303 e. The van der Waals surface area contributed by atoms with Gasteiger partial charge in [0, 0.05) is 19.5 Å². The van der Waals surface area contributed by atoms with E-state index in [0.29, 0.717) is 5.92 Å². The molecule has 0 radical (unpaired) electrons. The number of amides is 1. The third kappa shape index (κ3) is 4.09. The lowest BCUT2D eigenvalue weighted by Gasteiger charge is -2.16. The van der Waals surface area contributed by atoms with E-state index >= 15 is 0 Å². The third-order valence-corrected chi connectivity index (χ3v) is 3.56. The number of carboxylic acids is 1. The summed E-state index contributed by atoms with van der Waals surface area (Å²) in [4.78, 5) is 24.1. The van der Waals surface area contributed by atoms with Crippen LogP contribution >= 0.6 is 0 Å². The molecule has 19 heavy (non-hydrogen) atoms. The second-order valence-electron chi connectivity index (χ2n) is 5.08. The van der Waals surface area contributed by atoms with Crippen LogP contribution in [0.15, 0.2) is 30.3 Å². The van der Waals surface area contributed by atoms with Gasteiger partial charge in [-0.1, -0.05) is 30.3 Å². The molecule has 1 heterocycles. The molecule has 1 atom stereocenters. The van der Waals surface area contributed by atoms with Gasteiger partial charge in [0.15, 0.2) is 0 Å². The fraction of sp³-hybridized carbons (Fsp3) is 0.467. The van der Waals surface area contributed by atoms with Gasteiger partial charge < -0.3 is 10.0 Å². The van der Waals surface area contributed by atoms with Crippen molar-refractivity contribution in [3.05, 3.63) is 35.9 Å². The van der Waals surface area contributed by atoms with Crippen LogP contribution in [0.3, 0.4) is 0 Å². The maximum atomic E-state index is 11.8. The van der Waals surface area contributed by atoms with Gasteiger partial charge in [-0.05, 0) is 24.3 Å². The largest absolute Gasteiger partial charge is 0.481 e. The molecule has 4 heteroatoms. The fourth-order valence-electron chi connectivity index (χ4n) is 2.55. The molecule has 0 aromatic heterocycles. The summed E-state index contributed by atoms with van der Waals surface area (Å²) in [5.74, 6) is -0.442. The average Bonchev–Trinajstić information content (AvgIpc) is 2.85. The molecule has 0 spiro atoms. The molecule has 0 saturated carbocycles. The summed E-state index contributed by atoms with van der Waals surface area (Å²) in [6.45, 7) is 1.52. The van der Waals surface area contributed by atoms with Crippen LogP contribution in [0.4, 0.5) is 0 Å². The van der Waals surface area contributed by atoms with Crippen molar-refractivity contribution < 1.29 is 14.7 Å². The highest BCUT2D eigenvalue weighted by molar-refractivity contribution is 5.80. The molecular weight excluding hydrogens is 242 g/mol. The molecule has 0 bridgehead atoms. The third-order valence-electron chi connectivity index (χ3n) is 3.56. The van der Waals surface area contributed by atoms with Crippen LogP contribution in [-0.2, 0) is 16.0 Å². The predicted molar refractivity (Wildman–Crippen MR) is 71.7 cm³/mol. The van der Waals surface area contributed by atoms with Crippen molar-refractivity contribution in [2.75, 3.05) is 13.1 Å². The molecule has 1 saturated heterocycles. The lowest BCUT2D eigenvalue weighted by atomic mass is 9.99. The van der Waals surface area contributed by atoms with E-state index in [2.05, 4.69) is 12.1 Å². The minimum atomic E-state index is -0.909. The van der Waals surface area contributed by atoms with Gasteiger partial charge in [0.25, 0.3) is 0 Å². The second-order valence-corrected chi connectivity index (χ2v) is 5.08. The van der Waals surface area contributed by atoms with Gasteiger partial charge in [-0.25, -0.2) is 0 Å². The van der Waals surface area contributed by atoms with Crippen molar-refractivity contribution in [1.29, 1.82) is 0 Å². The zero-order valence-electron chi connectivity index (χ0n) is 10.9. The van der Waals surface area contributed by atoms with Crippen molar-refractivity contribution >= 4 is 11.9 Å². The highest BCUT2D eigenvalue weighted by Gasteiger charge is 2.26. The van der Waals surface area contributed by atoms with Crippen molar-refractivity contribution in [3.8, 4) is 0 Å². The Morgan fingerprint density at radius 2 is 1.95 bits per heavy atom. The minimum absolute atomic E-state index is 0.0297. The minimum Gasteiger partial charge on any atom is -0.481 e. The van der Waals surface area contributed by atoms with Crippen LogP contribution in [-0.4, -0.2) is 35.0 Å². The van der Waals surface area contributed by atoms with E-state index in [0.717, 1.165) is 25.9 Å². The second kappa shape index (κ2) is 6.36. The van der Waals surface area contributed by atoms with Gasteiger partial charge >= 0.3 is 5.97 Å². The number of carbonyl (C=O) groups is 2. The SMILES string of the molecule is O=C(O)CCC(=O)N1CCC(Cc2ccccc2)C1. The molecule has 1 aliphatic rings. The molecule has 1 amide bonds. The normalized spacial score (nSPS) is 18.5. The van der Waals surface area contributed by atoms with Crippen LogP contribution in [0.25, 0.3) is 0 Å². The summed E-state index contributed by atoms with van der Waals surface area (Å²) >= 11 is 0. The standard InChI is InChI=1S/C15H19NO3/c17-14(6-7-15(18)19)16-9-8-13(11-16)10-12-4-2-1-3-5-12/h1-5,13H,6-11H2,(H,18,19). The Balaban J connectivity index is 1.80. The van der Waals surface area contributed by atoms with Crippen LogP contribution in [0.5, 0.6) is 0 Å². The Labute approximate surface area is 113 Å². The first-order chi connectivity index (χ1) is 9.15. The highest BCUT2D eigenvalue weighted by Crippen LogP contribution is 2.21. The number of aliphatic carboxylic acids is 1. The monoisotopic (exact) mass is 261 g/mol. The molecule has 1 fully saturated rings.